The van der Waals surface area contributed by atoms with Crippen LogP contribution >= 0.6 is 11.6 Å². The van der Waals surface area contributed by atoms with E-state index >= 15 is 0 Å². The zero-order chi connectivity index (χ0) is 19.3. The van der Waals surface area contributed by atoms with Gasteiger partial charge in [0.25, 0.3) is 0 Å². The highest BCUT2D eigenvalue weighted by Crippen LogP contribution is 2.25. The van der Waals surface area contributed by atoms with Crippen molar-refractivity contribution in [2.75, 3.05) is 7.05 Å². The lowest BCUT2D eigenvalue weighted by Gasteiger charge is -2.16. The van der Waals surface area contributed by atoms with E-state index < -0.39 is 0 Å². The SMILES string of the molecule is CN(Cc1ccnc(Cl)c1)Cc1cn(-c2ccccc2)nc1-c1ccccc1. The number of pyridine rings is 1. The minimum absolute atomic E-state index is 0.521. The number of halogens is 1. The van der Waals surface area contributed by atoms with Gasteiger partial charge in [-0.2, -0.15) is 5.10 Å². The van der Waals surface area contributed by atoms with Crippen LogP contribution in [0.2, 0.25) is 5.15 Å². The van der Waals surface area contributed by atoms with Gasteiger partial charge in [0.05, 0.1) is 11.4 Å². The maximum atomic E-state index is 6.02. The van der Waals surface area contributed by atoms with Gasteiger partial charge in [0.2, 0.25) is 0 Å². The van der Waals surface area contributed by atoms with Crippen LogP contribution in [0.4, 0.5) is 0 Å². The molecule has 0 bridgehead atoms. The van der Waals surface area contributed by atoms with Gasteiger partial charge >= 0.3 is 0 Å². The molecular weight excluding hydrogens is 368 g/mol. The molecule has 0 fully saturated rings. The van der Waals surface area contributed by atoms with E-state index in [1.807, 2.05) is 53.2 Å². The largest absolute Gasteiger partial charge is 0.298 e. The first-order chi connectivity index (χ1) is 13.7. The van der Waals surface area contributed by atoms with Crippen LogP contribution in [-0.4, -0.2) is 26.7 Å². The van der Waals surface area contributed by atoms with Crippen LogP contribution in [-0.2, 0) is 13.1 Å². The predicted molar refractivity (Wildman–Crippen MR) is 113 cm³/mol. The summed E-state index contributed by atoms with van der Waals surface area (Å²) < 4.78 is 1.95. The molecule has 4 rings (SSSR count). The molecule has 140 valence electrons. The third-order valence-electron chi connectivity index (χ3n) is 4.54. The Morgan fingerprint density at radius 3 is 2.36 bits per heavy atom. The van der Waals surface area contributed by atoms with Crippen LogP contribution in [0.25, 0.3) is 16.9 Å². The molecule has 0 aliphatic rings. The van der Waals surface area contributed by atoms with Crippen molar-refractivity contribution in [2.24, 2.45) is 0 Å². The van der Waals surface area contributed by atoms with E-state index in [0.717, 1.165) is 35.6 Å². The highest BCUT2D eigenvalue weighted by molar-refractivity contribution is 6.29. The molecule has 28 heavy (non-hydrogen) atoms. The van der Waals surface area contributed by atoms with Crippen molar-refractivity contribution in [1.82, 2.24) is 19.7 Å². The number of rotatable bonds is 6. The van der Waals surface area contributed by atoms with Crippen molar-refractivity contribution in [3.05, 3.63) is 101 Å². The maximum absolute atomic E-state index is 6.02. The Morgan fingerprint density at radius 1 is 0.929 bits per heavy atom. The molecule has 4 aromatic rings. The molecule has 0 aliphatic heterocycles. The average molecular weight is 389 g/mol. The molecule has 2 heterocycles. The van der Waals surface area contributed by atoms with Gasteiger partial charge in [0, 0.05) is 36.6 Å². The van der Waals surface area contributed by atoms with Crippen LogP contribution in [0.3, 0.4) is 0 Å². The summed E-state index contributed by atoms with van der Waals surface area (Å²) in [5.74, 6) is 0. The fraction of sp³-hybridized carbons (Fsp3) is 0.130. The third kappa shape index (κ3) is 4.30. The van der Waals surface area contributed by atoms with E-state index in [2.05, 4.69) is 47.4 Å². The fourth-order valence-corrected chi connectivity index (χ4v) is 3.47. The molecule has 2 aromatic heterocycles. The van der Waals surface area contributed by atoms with Gasteiger partial charge in [-0.15, -0.1) is 0 Å². The normalized spacial score (nSPS) is 11.1. The van der Waals surface area contributed by atoms with Crippen molar-refractivity contribution in [3.8, 4) is 16.9 Å². The molecule has 0 saturated carbocycles. The fourth-order valence-electron chi connectivity index (χ4n) is 3.28. The zero-order valence-corrected chi connectivity index (χ0v) is 16.4. The summed E-state index contributed by atoms with van der Waals surface area (Å²) in [4.78, 5) is 6.31. The number of hydrogen-bond donors (Lipinski definition) is 0. The molecular formula is C23H21ClN4. The maximum Gasteiger partial charge on any atom is 0.129 e. The Hall–Kier alpha value is -2.95. The zero-order valence-electron chi connectivity index (χ0n) is 15.7. The van der Waals surface area contributed by atoms with Crippen LogP contribution in [0.5, 0.6) is 0 Å². The lowest BCUT2D eigenvalue weighted by atomic mass is 10.1. The molecule has 0 saturated heterocycles. The Labute approximate surface area is 170 Å². The first-order valence-electron chi connectivity index (χ1n) is 9.17. The first kappa shape index (κ1) is 18.4. The quantitative estimate of drug-likeness (QED) is 0.425. The summed E-state index contributed by atoms with van der Waals surface area (Å²) in [6, 6.07) is 24.4. The minimum Gasteiger partial charge on any atom is -0.298 e. The second-order valence-electron chi connectivity index (χ2n) is 6.81. The molecule has 0 N–H and O–H groups in total. The van der Waals surface area contributed by atoms with Crippen molar-refractivity contribution >= 4 is 11.6 Å². The number of hydrogen-bond acceptors (Lipinski definition) is 3. The number of para-hydroxylation sites is 1. The standard InChI is InChI=1S/C23H21ClN4/c1-27(15-18-12-13-25-22(24)14-18)16-20-17-28(21-10-6-3-7-11-21)26-23(20)19-8-4-2-5-9-19/h2-14,17H,15-16H2,1H3. The van der Waals surface area contributed by atoms with E-state index in [1.165, 1.54) is 5.56 Å². The van der Waals surface area contributed by atoms with Crippen molar-refractivity contribution in [3.63, 3.8) is 0 Å². The van der Waals surface area contributed by atoms with Gasteiger partial charge in [0.1, 0.15) is 5.15 Å². The highest BCUT2D eigenvalue weighted by Gasteiger charge is 2.14. The van der Waals surface area contributed by atoms with Crippen molar-refractivity contribution in [1.29, 1.82) is 0 Å². The Kier molecular flexibility index (Phi) is 5.51. The van der Waals surface area contributed by atoms with E-state index in [-0.39, 0.29) is 0 Å². The molecule has 2 aromatic carbocycles. The molecule has 0 aliphatic carbocycles. The van der Waals surface area contributed by atoms with Crippen LogP contribution in [0, 0.1) is 0 Å². The van der Waals surface area contributed by atoms with Gasteiger partial charge in [-0.05, 0) is 36.9 Å². The second-order valence-corrected chi connectivity index (χ2v) is 7.20. The number of aromatic nitrogens is 3. The monoisotopic (exact) mass is 388 g/mol. The predicted octanol–water partition coefficient (Wildman–Crippen LogP) is 5.22. The average Bonchev–Trinajstić information content (AvgIpc) is 3.13. The van der Waals surface area contributed by atoms with Gasteiger partial charge in [0.15, 0.2) is 0 Å². The summed E-state index contributed by atoms with van der Waals surface area (Å²) >= 11 is 6.02. The van der Waals surface area contributed by atoms with E-state index in [4.69, 9.17) is 16.7 Å². The number of nitrogens with zero attached hydrogens (tertiary/aromatic N) is 4. The summed E-state index contributed by atoms with van der Waals surface area (Å²) in [5, 5.41) is 5.40. The van der Waals surface area contributed by atoms with Crippen LogP contribution in [0.1, 0.15) is 11.1 Å². The lowest BCUT2D eigenvalue weighted by Crippen LogP contribution is -2.17. The van der Waals surface area contributed by atoms with Crippen LogP contribution < -0.4 is 0 Å². The van der Waals surface area contributed by atoms with E-state index in [0.29, 0.717) is 5.15 Å². The molecule has 4 nitrogen and oxygen atoms in total. The molecule has 0 atom stereocenters. The van der Waals surface area contributed by atoms with Gasteiger partial charge in [-0.25, -0.2) is 9.67 Å². The summed E-state index contributed by atoms with van der Waals surface area (Å²) in [6.45, 7) is 1.56. The lowest BCUT2D eigenvalue weighted by molar-refractivity contribution is 0.319. The Balaban J connectivity index is 1.64. The Morgan fingerprint density at radius 2 is 1.64 bits per heavy atom. The summed E-state index contributed by atoms with van der Waals surface area (Å²) in [7, 11) is 2.10. The third-order valence-corrected chi connectivity index (χ3v) is 4.75. The summed E-state index contributed by atoms with van der Waals surface area (Å²) in [5.41, 5.74) is 5.49. The minimum atomic E-state index is 0.521. The van der Waals surface area contributed by atoms with Crippen molar-refractivity contribution in [2.45, 2.75) is 13.1 Å². The summed E-state index contributed by atoms with van der Waals surface area (Å²) in [6.07, 6.45) is 3.86. The van der Waals surface area contributed by atoms with Gasteiger partial charge in [-0.1, -0.05) is 60.1 Å². The van der Waals surface area contributed by atoms with Gasteiger partial charge < -0.3 is 0 Å². The molecule has 0 unspecified atom stereocenters. The first-order valence-corrected chi connectivity index (χ1v) is 9.55. The van der Waals surface area contributed by atoms with Gasteiger partial charge in [-0.3, -0.25) is 4.90 Å². The van der Waals surface area contributed by atoms with Crippen LogP contribution in [0.15, 0.2) is 85.2 Å². The Bertz CT molecular complexity index is 1040. The highest BCUT2D eigenvalue weighted by atomic mass is 35.5. The van der Waals surface area contributed by atoms with Crippen molar-refractivity contribution < 1.29 is 0 Å². The van der Waals surface area contributed by atoms with E-state index in [1.54, 1.807) is 6.20 Å². The van der Waals surface area contributed by atoms with E-state index in [9.17, 15) is 0 Å². The number of benzene rings is 2. The topological polar surface area (TPSA) is 34.0 Å². The smallest absolute Gasteiger partial charge is 0.129 e. The molecule has 0 amide bonds. The molecule has 0 spiro atoms. The molecule has 0 radical (unpaired) electrons. The second kappa shape index (κ2) is 8.38. The molecule has 5 heteroatoms.